The zero-order chi connectivity index (χ0) is 10.7. The van der Waals surface area contributed by atoms with Crippen LogP contribution in [0.25, 0.3) is 0 Å². The molecule has 0 amide bonds. The second kappa shape index (κ2) is 2.60. The third kappa shape index (κ3) is 0.794. The number of ketones is 1. The molecular weight excluding hydrogens is 248 g/mol. The third-order valence-corrected chi connectivity index (χ3v) is 5.30. The number of carbonyl (C=O) groups excluding carboxylic acids is 1. The second-order valence-electron chi connectivity index (χ2n) is 4.84. The Balaban J connectivity index is 2.59. The summed E-state index contributed by atoms with van der Waals surface area (Å²) in [6, 6.07) is 0. The Morgan fingerprint density at radius 1 is 1.57 bits per heavy atom. The normalized spacial score (nSPS) is 44.4. The van der Waals surface area contributed by atoms with E-state index >= 15 is 0 Å². The Morgan fingerprint density at radius 2 is 2.14 bits per heavy atom. The first-order valence-electron chi connectivity index (χ1n) is 4.77. The highest BCUT2D eigenvalue weighted by molar-refractivity contribution is 9.10. The lowest BCUT2D eigenvalue weighted by Crippen LogP contribution is -2.44. The maximum absolute atomic E-state index is 11.9. The van der Waals surface area contributed by atoms with Crippen molar-refractivity contribution in [1.82, 2.24) is 0 Å². The zero-order valence-electron chi connectivity index (χ0n) is 8.21. The standard InChI is InChI=1S/C10H13BrO3/c1-9(2)5-3-4-10(9,8(13)14)7(12)6(5)11/h5-6H,3-4H2,1-2H3,(H,13,14)/t5-,6-,10-/m1/s1. The summed E-state index contributed by atoms with van der Waals surface area (Å²) in [4.78, 5) is 23.0. The molecule has 0 aliphatic heterocycles. The minimum absolute atomic E-state index is 0.133. The average Bonchev–Trinajstić information content (AvgIpc) is 2.41. The summed E-state index contributed by atoms with van der Waals surface area (Å²) in [6.45, 7) is 3.80. The van der Waals surface area contributed by atoms with Crippen LogP contribution >= 0.6 is 15.9 Å². The lowest BCUT2D eigenvalue weighted by Gasteiger charge is -2.31. The van der Waals surface area contributed by atoms with Gasteiger partial charge in [-0.1, -0.05) is 29.8 Å². The highest BCUT2D eigenvalue weighted by atomic mass is 79.9. The molecule has 78 valence electrons. The van der Waals surface area contributed by atoms with Gasteiger partial charge in [0.05, 0.1) is 4.83 Å². The molecule has 0 spiro atoms. The molecule has 0 heterocycles. The number of carbonyl (C=O) groups is 2. The van der Waals surface area contributed by atoms with Gasteiger partial charge in [0.15, 0.2) is 5.78 Å². The van der Waals surface area contributed by atoms with Crippen LogP contribution in [-0.4, -0.2) is 21.7 Å². The van der Waals surface area contributed by atoms with Crippen molar-refractivity contribution >= 4 is 27.7 Å². The summed E-state index contributed by atoms with van der Waals surface area (Å²) in [6.07, 6.45) is 1.34. The molecule has 1 N–H and O–H groups in total. The first kappa shape index (κ1) is 10.1. The Labute approximate surface area is 91.0 Å². The predicted molar refractivity (Wildman–Crippen MR) is 54.3 cm³/mol. The summed E-state index contributed by atoms with van der Waals surface area (Å²) in [5, 5.41) is 9.27. The van der Waals surface area contributed by atoms with Gasteiger partial charge in [0.2, 0.25) is 0 Å². The Hall–Kier alpha value is -0.380. The zero-order valence-corrected chi connectivity index (χ0v) is 9.80. The number of aliphatic carboxylic acids is 1. The number of fused-ring (bicyclic) bond motifs is 2. The number of rotatable bonds is 1. The highest BCUT2D eigenvalue weighted by Crippen LogP contribution is 2.65. The van der Waals surface area contributed by atoms with Crippen LogP contribution < -0.4 is 0 Å². The van der Waals surface area contributed by atoms with Gasteiger partial charge in [0.1, 0.15) is 5.41 Å². The van der Waals surface area contributed by atoms with Crippen LogP contribution in [-0.2, 0) is 9.59 Å². The Morgan fingerprint density at radius 3 is 2.43 bits per heavy atom. The molecule has 2 rings (SSSR count). The fourth-order valence-corrected chi connectivity index (χ4v) is 4.55. The molecule has 2 aliphatic carbocycles. The molecule has 0 aromatic rings. The molecule has 2 aliphatic rings. The maximum Gasteiger partial charge on any atom is 0.317 e. The van der Waals surface area contributed by atoms with Crippen LogP contribution in [0.3, 0.4) is 0 Å². The van der Waals surface area contributed by atoms with Gasteiger partial charge >= 0.3 is 5.97 Å². The topological polar surface area (TPSA) is 54.4 Å². The van der Waals surface area contributed by atoms with Crippen LogP contribution in [0.5, 0.6) is 0 Å². The van der Waals surface area contributed by atoms with E-state index in [1.54, 1.807) is 0 Å². The van der Waals surface area contributed by atoms with Crippen molar-refractivity contribution < 1.29 is 14.7 Å². The molecular formula is C10H13BrO3. The first-order chi connectivity index (χ1) is 6.35. The number of hydrogen-bond acceptors (Lipinski definition) is 2. The van der Waals surface area contributed by atoms with Crippen molar-refractivity contribution in [1.29, 1.82) is 0 Å². The van der Waals surface area contributed by atoms with Gasteiger partial charge in [-0.25, -0.2) is 0 Å². The van der Waals surface area contributed by atoms with Gasteiger partial charge in [0, 0.05) is 0 Å². The van der Waals surface area contributed by atoms with Crippen LogP contribution in [0.4, 0.5) is 0 Å². The third-order valence-electron chi connectivity index (χ3n) is 4.25. The van der Waals surface area contributed by atoms with Crippen LogP contribution in [0, 0.1) is 16.7 Å². The lowest BCUT2D eigenvalue weighted by molar-refractivity contribution is -0.158. The number of carboxylic acids is 1. The predicted octanol–water partition coefficient (Wildman–Crippen LogP) is 1.84. The van der Waals surface area contributed by atoms with Crippen molar-refractivity contribution in [3.8, 4) is 0 Å². The molecule has 14 heavy (non-hydrogen) atoms. The van der Waals surface area contributed by atoms with Crippen LogP contribution in [0.15, 0.2) is 0 Å². The van der Waals surface area contributed by atoms with Crippen molar-refractivity contribution in [3.05, 3.63) is 0 Å². The number of halogens is 1. The highest BCUT2D eigenvalue weighted by Gasteiger charge is 2.72. The molecule has 0 saturated heterocycles. The van der Waals surface area contributed by atoms with E-state index < -0.39 is 16.8 Å². The van der Waals surface area contributed by atoms with E-state index in [-0.39, 0.29) is 16.5 Å². The molecule has 3 atom stereocenters. The van der Waals surface area contributed by atoms with Gasteiger partial charge in [-0.05, 0) is 24.2 Å². The van der Waals surface area contributed by atoms with Crippen LogP contribution in [0.2, 0.25) is 0 Å². The van der Waals surface area contributed by atoms with Gasteiger partial charge < -0.3 is 5.11 Å². The molecule has 0 unspecified atom stereocenters. The molecule has 2 fully saturated rings. The van der Waals surface area contributed by atoms with Gasteiger partial charge in [-0.3, -0.25) is 9.59 Å². The van der Waals surface area contributed by atoms with Gasteiger partial charge in [-0.2, -0.15) is 0 Å². The Bertz CT molecular complexity index is 323. The average molecular weight is 261 g/mol. The van der Waals surface area contributed by atoms with E-state index in [2.05, 4.69) is 15.9 Å². The summed E-state index contributed by atoms with van der Waals surface area (Å²) in [7, 11) is 0. The Kier molecular flexibility index (Phi) is 1.88. The number of alkyl halides is 1. The van der Waals surface area contributed by atoms with Crippen molar-refractivity contribution in [3.63, 3.8) is 0 Å². The largest absolute Gasteiger partial charge is 0.480 e. The van der Waals surface area contributed by atoms with E-state index in [1.165, 1.54) is 0 Å². The second-order valence-corrected chi connectivity index (χ2v) is 5.83. The smallest absolute Gasteiger partial charge is 0.317 e. The molecule has 4 heteroatoms. The van der Waals surface area contributed by atoms with Crippen molar-refractivity contribution in [2.24, 2.45) is 16.7 Å². The maximum atomic E-state index is 11.9. The minimum atomic E-state index is -1.13. The van der Waals surface area contributed by atoms with Crippen LogP contribution in [0.1, 0.15) is 26.7 Å². The van der Waals surface area contributed by atoms with Gasteiger partial charge in [-0.15, -0.1) is 0 Å². The van der Waals surface area contributed by atoms with E-state index in [0.717, 1.165) is 6.42 Å². The number of carboxylic acid groups (broad SMARTS) is 1. The van der Waals surface area contributed by atoms with Gasteiger partial charge in [0.25, 0.3) is 0 Å². The van der Waals surface area contributed by atoms with E-state index in [0.29, 0.717) is 6.42 Å². The summed E-state index contributed by atoms with van der Waals surface area (Å²) >= 11 is 3.33. The fourth-order valence-electron chi connectivity index (χ4n) is 3.23. The fraction of sp³-hybridized carbons (Fsp3) is 0.800. The van der Waals surface area contributed by atoms with E-state index in [9.17, 15) is 14.7 Å². The summed E-state index contributed by atoms with van der Waals surface area (Å²) in [5.41, 5.74) is -1.55. The molecule has 3 nitrogen and oxygen atoms in total. The molecule has 0 aromatic heterocycles. The van der Waals surface area contributed by atoms with Crippen molar-refractivity contribution in [2.45, 2.75) is 31.5 Å². The summed E-state index contributed by atoms with van der Waals surface area (Å²) < 4.78 is 0. The lowest BCUT2D eigenvalue weighted by atomic mass is 9.69. The first-order valence-corrected chi connectivity index (χ1v) is 5.69. The minimum Gasteiger partial charge on any atom is -0.480 e. The molecule has 0 aromatic carbocycles. The molecule has 0 radical (unpaired) electrons. The number of Topliss-reactive ketones (excluding diaryl/α,β-unsaturated/α-hetero) is 1. The summed E-state index contributed by atoms with van der Waals surface area (Å²) in [5.74, 6) is -0.908. The monoisotopic (exact) mass is 260 g/mol. The van der Waals surface area contributed by atoms with Crippen molar-refractivity contribution in [2.75, 3.05) is 0 Å². The van der Waals surface area contributed by atoms with E-state index in [1.807, 2.05) is 13.8 Å². The molecule has 2 saturated carbocycles. The quantitative estimate of drug-likeness (QED) is 0.578. The number of hydrogen-bond donors (Lipinski definition) is 1. The SMILES string of the molecule is CC1(C)[C@@H]2CC[C@]1(C(=O)O)C(=O)[C@@H]2Br. The van der Waals surface area contributed by atoms with E-state index in [4.69, 9.17) is 0 Å². The molecule has 2 bridgehead atoms.